The Morgan fingerprint density at radius 1 is 0.978 bits per heavy atom. The number of fused-ring (bicyclic) bond motifs is 1. The number of rotatable bonds is 7. The van der Waals surface area contributed by atoms with E-state index in [0.29, 0.717) is 26.3 Å². The number of alkyl halides is 3. The van der Waals surface area contributed by atoms with Gasteiger partial charge in [0.25, 0.3) is 23.6 Å². The number of thiophene rings is 1. The quantitative estimate of drug-likeness (QED) is 0.216. The first kappa shape index (κ1) is 32.6. The van der Waals surface area contributed by atoms with Crippen molar-refractivity contribution in [2.45, 2.75) is 12.7 Å². The molecule has 0 atom stereocenters. The molecule has 1 aliphatic rings. The molecule has 0 radical (unpaired) electrons. The maximum absolute atomic E-state index is 13.3. The average molecular weight is 661 g/mol. The highest BCUT2D eigenvalue weighted by molar-refractivity contribution is 7.18. The fourth-order valence-electron chi connectivity index (χ4n) is 3.95. The monoisotopic (exact) mass is 660 g/mol. The van der Waals surface area contributed by atoms with E-state index in [4.69, 9.17) is 26.2 Å². The molecule has 1 aliphatic heterocycles. The zero-order valence-corrected chi connectivity index (χ0v) is 24.4. The van der Waals surface area contributed by atoms with Gasteiger partial charge in [-0.3, -0.25) is 29.1 Å². The fourth-order valence-corrected chi connectivity index (χ4v) is 4.89. The minimum atomic E-state index is -5.08. The van der Waals surface area contributed by atoms with E-state index in [-0.39, 0.29) is 35.0 Å². The van der Waals surface area contributed by atoms with Gasteiger partial charge in [-0.05, 0) is 48.0 Å². The van der Waals surface area contributed by atoms with Gasteiger partial charge in [0, 0.05) is 19.3 Å². The predicted molar refractivity (Wildman–Crippen MR) is 156 cm³/mol. The van der Waals surface area contributed by atoms with E-state index < -0.39 is 29.9 Å². The van der Waals surface area contributed by atoms with Crippen LogP contribution in [0.4, 0.5) is 18.9 Å². The van der Waals surface area contributed by atoms with Crippen LogP contribution in [0.3, 0.4) is 0 Å². The maximum Gasteiger partial charge on any atom is 0.490 e. The number of nitrogens with zero attached hydrogens (tertiary/aromatic N) is 2. The number of pyridine rings is 1. The molecule has 3 N–H and O–H groups in total. The van der Waals surface area contributed by atoms with Gasteiger partial charge < -0.3 is 20.5 Å². The van der Waals surface area contributed by atoms with Crippen molar-refractivity contribution in [1.29, 1.82) is 0 Å². The van der Waals surface area contributed by atoms with E-state index in [0.717, 1.165) is 16.2 Å². The first-order valence-electron chi connectivity index (χ1n) is 12.6. The summed E-state index contributed by atoms with van der Waals surface area (Å²) < 4.78 is 38.1. The van der Waals surface area contributed by atoms with E-state index in [1.807, 2.05) is 0 Å². The SMILES string of the molecule is CNC(=O)c1cc(Oc2cccc(CN3C(=O)c4cccc(NC(=O)c5ccc(Cl)s5)c4C3=O)c2)ccn1.O=C(O)C(F)(F)F. The Hall–Kier alpha value is -5.28. The second-order valence-corrected chi connectivity index (χ2v) is 10.7. The van der Waals surface area contributed by atoms with Crippen LogP contribution in [0.1, 0.15) is 46.4 Å². The number of halogens is 4. The zero-order chi connectivity index (χ0) is 32.9. The Kier molecular flexibility index (Phi) is 9.84. The van der Waals surface area contributed by atoms with Crippen molar-refractivity contribution in [3.05, 3.63) is 105 Å². The summed E-state index contributed by atoms with van der Waals surface area (Å²) in [5.41, 5.74) is 1.45. The second-order valence-electron chi connectivity index (χ2n) is 8.99. The van der Waals surface area contributed by atoms with Gasteiger partial charge in [-0.1, -0.05) is 29.8 Å². The molecule has 0 saturated heterocycles. The third-order valence-corrected chi connectivity index (χ3v) is 7.18. The molecule has 0 saturated carbocycles. The van der Waals surface area contributed by atoms with Gasteiger partial charge in [-0.15, -0.1) is 11.3 Å². The number of amides is 4. The topological polar surface area (TPSA) is 155 Å². The van der Waals surface area contributed by atoms with Gasteiger partial charge in [0.1, 0.15) is 17.2 Å². The Morgan fingerprint density at radius 3 is 2.31 bits per heavy atom. The van der Waals surface area contributed by atoms with Gasteiger partial charge in [0.05, 0.1) is 32.6 Å². The number of carboxylic acids is 1. The number of anilines is 1. The molecule has 5 rings (SSSR count). The van der Waals surface area contributed by atoms with Crippen molar-refractivity contribution in [3.63, 3.8) is 0 Å². The molecule has 2 aromatic heterocycles. The summed E-state index contributed by atoms with van der Waals surface area (Å²) in [4.78, 5) is 65.4. The summed E-state index contributed by atoms with van der Waals surface area (Å²) in [7, 11) is 1.51. The van der Waals surface area contributed by atoms with Crippen molar-refractivity contribution in [2.75, 3.05) is 12.4 Å². The number of nitrogens with one attached hydrogen (secondary N) is 2. The van der Waals surface area contributed by atoms with Crippen LogP contribution >= 0.6 is 22.9 Å². The molecule has 0 fully saturated rings. The molecule has 0 aliphatic carbocycles. The number of hydrogen-bond acceptors (Lipinski definition) is 8. The lowest BCUT2D eigenvalue weighted by atomic mass is 10.1. The highest BCUT2D eigenvalue weighted by atomic mass is 35.5. The molecule has 0 spiro atoms. The molecule has 45 heavy (non-hydrogen) atoms. The van der Waals surface area contributed by atoms with E-state index >= 15 is 0 Å². The van der Waals surface area contributed by atoms with Gasteiger partial charge in [0.2, 0.25) is 0 Å². The lowest BCUT2D eigenvalue weighted by molar-refractivity contribution is -0.192. The van der Waals surface area contributed by atoms with Crippen LogP contribution in [0.5, 0.6) is 11.5 Å². The Morgan fingerprint density at radius 2 is 1.67 bits per heavy atom. The van der Waals surface area contributed by atoms with Crippen molar-refractivity contribution < 1.29 is 47.0 Å². The van der Waals surface area contributed by atoms with Gasteiger partial charge in [0.15, 0.2) is 0 Å². The standard InChI is InChI=1S/C27H19ClN4O5S.C2HF3O2/c1-29-24(33)20-13-17(10-11-30-20)37-16-5-2-4-15(12-16)14-32-26(35)18-6-3-7-19(23(18)27(32)36)31-25(34)21-8-9-22(28)38-21;3-2(4,5)1(6)7/h2-13H,14H2,1H3,(H,29,33)(H,31,34);(H,6,7). The van der Waals surface area contributed by atoms with Crippen LogP contribution in [0, 0.1) is 0 Å². The number of benzene rings is 2. The maximum atomic E-state index is 13.3. The normalized spacial score (nSPS) is 12.2. The number of carboxylic acid groups (broad SMARTS) is 1. The first-order chi connectivity index (χ1) is 21.3. The second kappa shape index (κ2) is 13.6. The molecule has 4 amide bonds. The Balaban J connectivity index is 0.000000591. The molecule has 2 aromatic carbocycles. The number of carbonyl (C=O) groups excluding carboxylic acids is 4. The summed E-state index contributed by atoms with van der Waals surface area (Å²) in [6.45, 7) is -0.00268. The summed E-state index contributed by atoms with van der Waals surface area (Å²) in [6.07, 6.45) is -3.62. The molecule has 4 aromatic rings. The van der Waals surface area contributed by atoms with Gasteiger partial charge in [-0.25, -0.2) is 4.79 Å². The number of aromatic nitrogens is 1. The number of aliphatic carboxylic acids is 1. The fraction of sp³-hybridized carbons (Fsp3) is 0.103. The number of carbonyl (C=O) groups is 5. The minimum absolute atomic E-state index is 0.00268. The van der Waals surface area contributed by atoms with Crippen molar-refractivity contribution in [1.82, 2.24) is 15.2 Å². The third kappa shape index (κ3) is 7.82. The van der Waals surface area contributed by atoms with Crippen LogP contribution in [0.2, 0.25) is 4.34 Å². The number of ether oxygens (including phenoxy) is 1. The summed E-state index contributed by atoms with van der Waals surface area (Å²) >= 11 is 7.04. The van der Waals surface area contributed by atoms with E-state index in [2.05, 4.69) is 15.6 Å². The highest BCUT2D eigenvalue weighted by Gasteiger charge is 2.39. The molecular formula is C29H20ClF3N4O7S. The van der Waals surface area contributed by atoms with Crippen LogP contribution < -0.4 is 15.4 Å². The summed E-state index contributed by atoms with van der Waals surface area (Å²) in [6, 6.07) is 18.0. The summed E-state index contributed by atoms with van der Waals surface area (Å²) in [5.74, 6) is -3.64. The van der Waals surface area contributed by atoms with Crippen molar-refractivity contribution >= 4 is 58.2 Å². The van der Waals surface area contributed by atoms with Gasteiger partial charge in [-0.2, -0.15) is 13.2 Å². The third-order valence-electron chi connectivity index (χ3n) is 5.95. The number of imide groups is 1. The molecule has 232 valence electrons. The lowest BCUT2D eigenvalue weighted by Gasteiger charge is -2.15. The summed E-state index contributed by atoms with van der Waals surface area (Å²) in [5, 5.41) is 12.4. The van der Waals surface area contributed by atoms with Crippen LogP contribution in [0.15, 0.2) is 72.9 Å². The van der Waals surface area contributed by atoms with E-state index in [1.165, 1.54) is 19.3 Å². The van der Waals surface area contributed by atoms with E-state index in [1.54, 1.807) is 60.7 Å². The van der Waals surface area contributed by atoms with Crippen LogP contribution in [0.25, 0.3) is 0 Å². The lowest BCUT2D eigenvalue weighted by Crippen LogP contribution is -2.29. The zero-order valence-electron chi connectivity index (χ0n) is 22.8. The first-order valence-corrected chi connectivity index (χ1v) is 13.8. The van der Waals surface area contributed by atoms with E-state index in [9.17, 15) is 32.3 Å². The number of hydrogen-bond donors (Lipinski definition) is 3. The minimum Gasteiger partial charge on any atom is -0.475 e. The largest absolute Gasteiger partial charge is 0.490 e. The smallest absolute Gasteiger partial charge is 0.475 e. The van der Waals surface area contributed by atoms with Gasteiger partial charge >= 0.3 is 12.1 Å². The highest BCUT2D eigenvalue weighted by Crippen LogP contribution is 2.32. The Bertz CT molecular complexity index is 1810. The molecule has 16 heteroatoms. The Labute approximate surface area is 261 Å². The van der Waals surface area contributed by atoms with Crippen LogP contribution in [-0.4, -0.2) is 57.8 Å². The molecule has 3 heterocycles. The molecular weight excluding hydrogens is 641 g/mol. The molecule has 0 unspecified atom stereocenters. The van der Waals surface area contributed by atoms with Crippen LogP contribution in [-0.2, 0) is 11.3 Å². The predicted octanol–water partition coefficient (Wildman–Crippen LogP) is 5.63. The van der Waals surface area contributed by atoms with Crippen molar-refractivity contribution in [3.8, 4) is 11.5 Å². The van der Waals surface area contributed by atoms with Crippen molar-refractivity contribution in [2.24, 2.45) is 0 Å². The molecule has 11 nitrogen and oxygen atoms in total. The molecule has 0 bridgehead atoms. The average Bonchev–Trinajstić information content (AvgIpc) is 3.54.